The Hall–Kier alpha value is -1.23. The second-order valence-corrected chi connectivity index (χ2v) is 6.14. The molecule has 0 heterocycles. The number of guanidine groups is 1. The zero-order valence-corrected chi connectivity index (χ0v) is 14.4. The minimum absolute atomic E-state index is 0.574. The molecular weight excluding hydrogens is 330 g/mol. The van der Waals surface area contributed by atoms with Gasteiger partial charge in [-0.05, 0) is 53.4 Å². The summed E-state index contributed by atoms with van der Waals surface area (Å²) in [6, 6.07) is 6.64. The van der Waals surface area contributed by atoms with Gasteiger partial charge in [-0.2, -0.15) is 0 Å². The number of halogens is 1. The van der Waals surface area contributed by atoms with Crippen molar-refractivity contribution in [3.05, 3.63) is 28.2 Å². The summed E-state index contributed by atoms with van der Waals surface area (Å²) in [7, 11) is 1.67. The van der Waals surface area contributed by atoms with E-state index >= 15 is 0 Å². The maximum absolute atomic E-state index is 5.25. The molecule has 0 unspecified atom stereocenters. The molecule has 0 saturated heterocycles. The Morgan fingerprint density at radius 3 is 2.76 bits per heavy atom. The molecule has 0 aromatic heterocycles. The van der Waals surface area contributed by atoms with E-state index < -0.39 is 0 Å². The van der Waals surface area contributed by atoms with Gasteiger partial charge in [0, 0.05) is 12.6 Å². The molecule has 0 atom stereocenters. The van der Waals surface area contributed by atoms with Gasteiger partial charge in [0.2, 0.25) is 0 Å². The first-order valence-corrected chi connectivity index (χ1v) is 8.39. The van der Waals surface area contributed by atoms with Gasteiger partial charge in [0.1, 0.15) is 5.75 Å². The third-order valence-electron chi connectivity index (χ3n) is 3.68. The van der Waals surface area contributed by atoms with Crippen molar-refractivity contribution in [3.8, 4) is 5.75 Å². The van der Waals surface area contributed by atoms with Crippen molar-refractivity contribution in [2.45, 2.75) is 45.2 Å². The van der Waals surface area contributed by atoms with E-state index in [2.05, 4.69) is 44.5 Å². The van der Waals surface area contributed by atoms with Gasteiger partial charge in [-0.25, -0.2) is 4.99 Å². The highest BCUT2D eigenvalue weighted by Gasteiger charge is 2.15. The number of rotatable bonds is 5. The Morgan fingerprint density at radius 1 is 1.38 bits per heavy atom. The standard InChI is InChI=1S/C16H24BrN3O/c1-3-18-16(20-13-6-4-5-7-13)19-11-12-8-9-15(21-2)14(17)10-12/h8-10,13H,3-7,11H2,1-2H3,(H2,18,19,20). The van der Waals surface area contributed by atoms with Crippen molar-refractivity contribution >= 4 is 21.9 Å². The summed E-state index contributed by atoms with van der Waals surface area (Å²) >= 11 is 3.51. The molecule has 0 aliphatic heterocycles. The predicted molar refractivity (Wildman–Crippen MR) is 90.9 cm³/mol. The van der Waals surface area contributed by atoms with Gasteiger partial charge in [-0.15, -0.1) is 0 Å². The molecule has 5 heteroatoms. The summed E-state index contributed by atoms with van der Waals surface area (Å²) in [5, 5.41) is 6.85. The number of methoxy groups -OCH3 is 1. The molecule has 2 N–H and O–H groups in total. The normalized spacial score (nSPS) is 16.0. The van der Waals surface area contributed by atoms with Crippen LogP contribution in [0.2, 0.25) is 0 Å². The molecule has 1 aromatic rings. The highest BCUT2D eigenvalue weighted by Crippen LogP contribution is 2.25. The second-order valence-electron chi connectivity index (χ2n) is 5.29. The quantitative estimate of drug-likeness (QED) is 0.629. The molecule has 1 aliphatic carbocycles. The SMILES string of the molecule is CCNC(=NCc1ccc(OC)c(Br)c1)NC1CCCC1. The molecule has 0 spiro atoms. The summed E-state index contributed by atoms with van der Waals surface area (Å²) in [4.78, 5) is 4.68. The highest BCUT2D eigenvalue weighted by molar-refractivity contribution is 9.10. The molecule has 21 heavy (non-hydrogen) atoms. The van der Waals surface area contributed by atoms with E-state index in [9.17, 15) is 0 Å². The number of hydrogen-bond donors (Lipinski definition) is 2. The van der Waals surface area contributed by atoms with E-state index in [1.807, 2.05) is 12.1 Å². The van der Waals surface area contributed by atoms with E-state index in [-0.39, 0.29) is 0 Å². The van der Waals surface area contributed by atoms with Crippen LogP contribution in [-0.2, 0) is 6.54 Å². The number of nitrogens with zero attached hydrogens (tertiary/aromatic N) is 1. The first kappa shape index (κ1) is 16.1. The third kappa shape index (κ3) is 4.92. The molecule has 4 nitrogen and oxygen atoms in total. The molecule has 2 rings (SSSR count). The van der Waals surface area contributed by atoms with Crippen LogP contribution in [0.3, 0.4) is 0 Å². The van der Waals surface area contributed by atoms with Crippen LogP contribution in [0.15, 0.2) is 27.7 Å². The fourth-order valence-corrected chi connectivity index (χ4v) is 3.15. The van der Waals surface area contributed by atoms with E-state index in [4.69, 9.17) is 4.74 Å². The van der Waals surface area contributed by atoms with Crippen LogP contribution in [-0.4, -0.2) is 25.7 Å². The molecule has 0 amide bonds. The Bertz CT molecular complexity index is 484. The summed E-state index contributed by atoms with van der Waals surface area (Å²) in [5.74, 6) is 1.76. The number of aliphatic imine (C=N–C) groups is 1. The maximum atomic E-state index is 5.25. The number of nitrogens with one attached hydrogen (secondary N) is 2. The molecule has 1 aliphatic rings. The van der Waals surface area contributed by atoms with Gasteiger partial charge < -0.3 is 15.4 Å². The Kier molecular flexibility index (Phi) is 6.36. The summed E-state index contributed by atoms with van der Waals surface area (Å²) in [5.41, 5.74) is 1.16. The maximum Gasteiger partial charge on any atom is 0.191 e. The minimum atomic E-state index is 0.574. The van der Waals surface area contributed by atoms with E-state index in [0.29, 0.717) is 12.6 Å². The highest BCUT2D eigenvalue weighted by atomic mass is 79.9. The van der Waals surface area contributed by atoms with Gasteiger partial charge in [0.15, 0.2) is 5.96 Å². The predicted octanol–water partition coefficient (Wildman–Crippen LogP) is 3.46. The largest absolute Gasteiger partial charge is 0.496 e. The van der Waals surface area contributed by atoms with Gasteiger partial charge >= 0.3 is 0 Å². The number of ether oxygens (including phenoxy) is 1. The van der Waals surface area contributed by atoms with Crippen LogP contribution in [0, 0.1) is 0 Å². The molecule has 1 aromatic carbocycles. The van der Waals surface area contributed by atoms with Crippen molar-refractivity contribution in [1.82, 2.24) is 10.6 Å². The lowest BCUT2D eigenvalue weighted by Crippen LogP contribution is -2.42. The monoisotopic (exact) mass is 353 g/mol. The fraction of sp³-hybridized carbons (Fsp3) is 0.562. The average Bonchev–Trinajstić information content (AvgIpc) is 2.98. The van der Waals surface area contributed by atoms with E-state index in [1.165, 1.54) is 25.7 Å². The van der Waals surface area contributed by atoms with Crippen LogP contribution < -0.4 is 15.4 Å². The summed E-state index contributed by atoms with van der Waals surface area (Å²) in [6.07, 6.45) is 5.14. The van der Waals surface area contributed by atoms with E-state index in [0.717, 1.165) is 28.3 Å². The topological polar surface area (TPSA) is 45.7 Å². The van der Waals surface area contributed by atoms with Crippen LogP contribution in [0.5, 0.6) is 5.75 Å². The summed E-state index contributed by atoms with van der Waals surface area (Å²) < 4.78 is 6.21. The van der Waals surface area contributed by atoms with Crippen LogP contribution in [0.4, 0.5) is 0 Å². The van der Waals surface area contributed by atoms with Crippen LogP contribution in [0.25, 0.3) is 0 Å². The van der Waals surface area contributed by atoms with Gasteiger partial charge in [-0.3, -0.25) is 0 Å². The molecule has 116 valence electrons. The Labute approximate surface area is 135 Å². The second kappa shape index (κ2) is 8.27. The van der Waals surface area contributed by atoms with Gasteiger partial charge in [0.05, 0.1) is 18.1 Å². The molecular formula is C16H24BrN3O. The van der Waals surface area contributed by atoms with Crippen LogP contribution >= 0.6 is 15.9 Å². The number of hydrogen-bond acceptors (Lipinski definition) is 2. The fourth-order valence-electron chi connectivity index (χ4n) is 2.56. The van der Waals surface area contributed by atoms with Gasteiger partial charge in [-0.1, -0.05) is 18.9 Å². The lowest BCUT2D eigenvalue weighted by Gasteiger charge is -2.16. The zero-order valence-electron chi connectivity index (χ0n) is 12.8. The first-order valence-electron chi connectivity index (χ1n) is 7.60. The van der Waals surface area contributed by atoms with Crippen molar-refractivity contribution in [1.29, 1.82) is 0 Å². The minimum Gasteiger partial charge on any atom is -0.496 e. The lowest BCUT2D eigenvalue weighted by molar-refractivity contribution is 0.412. The van der Waals surface area contributed by atoms with Crippen molar-refractivity contribution in [2.75, 3.05) is 13.7 Å². The molecule has 0 bridgehead atoms. The Morgan fingerprint density at radius 2 is 2.14 bits per heavy atom. The Balaban J connectivity index is 1.99. The van der Waals surface area contributed by atoms with Crippen molar-refractivity contribution in [2.24, 2.45) is 4.99 Å². The van der Waals surface area contributed by atoms with E-state index in [1.54, 1.807) is 7.11 Å². The first-order chi connectivity index (χ1) is 10.2. The third-order valence-corrected chi connectivity index (χ3v) is 4.30. The van der Waals surface area contributed by atoms with Gasteiger partial charge in [0.25, 0.3) is 0 Å². The van der Waals surface area contributed by atoms with Crippen molar-refractivity contribution < 1.29 is 4.74 Å². The molecule has 1 fully saturated rings. The lowest BCUT2D eigenvalue weighted by atomic mass is 10.2. The molecule has 0 radical (unpaired) electrons. The van der Waals surface area contributed by atoms with Crippen molar-refractivity contribution in [3.63, 3.8) is 0 Å². The average molecular weight is 354 g/mol. The van der Waals surface area contributed by atoms with Crippen LogP contribution in [0.1, 0.15) is 38.2 Å². The summed E-state index contributed by atoms with van der Waals surface area (Å²) in [6.45, 7) is 3.63. The molecule has 1 saturated carbocycles. The smallest absolute Gasteiger partial charge is 0.191 e. The number of benzene rings is 1. The zero-order chi connectivity index (χ0) is 15.1.